The molecule has 0 aliphatic heterocycles. The van der Waals surface area contributed by atoms with Crippen molar-refractivity contribution in [3.8, 4) is 17.2 Å². The summed E-state index contributed by atoms with van der Waals surface area (Å²) in [5.74, 6) is 0.751. The minimum absolute atomic E-state index is 0.0601. The van der Waals surface area contributed by atoms with Gasteiger partial charge >= 0.3 is 0 Å². The number of hydrogen-bond donors (Lipinski definition) is 2. The van der Waals surface area contributed by atoms with Crippen molar-refractivity contribution >= 4 is 12.1 Å². The first-order chi connectivity index (χ1) is 12.0. The second-order valence-corrected chi connectivity index (χ2v) is 5.44. The SMILES string of the molecule is CCOc1cc(C=NNC(=O)COc2cccc(C)c2C)ccc1O. The molecule has 2 aromatic rings. The standard InChI is InChI=1S/C19H22N2O4/c1-4-24-18-10-15(8-9-16(18)22)11-20-21-19(23)12-25-17-7-5-6-13(2)14(17)3/h5-11,22H,4,12H2,1-3H3,(H,21,23). The Kier molecular flexibility index (Phi) is 6.39. The molecule has 0 heterocycles. The highest BCUT2D eigenvalue weighted by Gasteiger charge is 2.06. The van der Waals surface area contributed by atoms with Gasteiger partial charge in [-0.3, -0.25) is 4.79 Å². The van der Waals surface area contributed by atoms with E-state index in [1.54, 1.807) is 12.1 Å². The zero-order chi connectivity index (χ0) is 18.2. The van der Waals surface area contributed by atoms with E-state index in [-0.39, 0.29) is 18.3 Å². The number of ether oxygens (including phenoxy) is 2. The summed E-state index contributed by atoms with van der Waals surface area (Å²) in [5, 5.41) is 13.5. The van der Waals surface area contributed by atoms with E-state index in [9.17, 15) is 9.90 Å². The molecule has 25 heavy (non-hydrogen) atoms. The fraction of sp³-hybridized carbons (Fsp3) is 0.263. The molecule has 132 valence electrons. The summed E-state index contributed by atoms with van der Waals surface area (Å²) in [5.41, 5.74) is 5.21. The van der Waals surface area contributed by atoms with Crippen LogP contribution in [0.3, 0.4) is 0 Å². The summed E-state index contributed by atoms with van der Waals surface area (Å²) >= 11 is 0. The monoisotopic (exact) mass is 342 g/mol. The summed E-state index contributed by atoms with van der Waals surface area (Å²) in [6, 6.07) is 10.5. The van der Waals surface area contributed by atoms with E-state index in [0.717, 1.165) is 11.1 Å². The molecule has 0 unspecified atom stereocenters. The molecular weight excluding hydrogens is 320 g/mol. The molecule has 1 amide bonds. The number of carbonyl (C=O) groups excluding carboxylic acids is 1. The minimum Gasteiger partial charge on any atom is -0.504 e. The summed E-state index contributed by atoms with van der Waals surface area (Å²) in [6.45, 7) is 6.08. The Morgan fingerprint density at radius 3 is 2.76 bits per heavy atom. The Balaban J connectivity index is 1.88. The van der Waals surface area contributed by atoms with Gasteiger partial charge in [-0.25, -0.2) is 5.43 Å². The van der Waals surface area contributed by atoms with Crippen LogP contribution in [0.25, 0.3) is 0 Å². The highest BCUT2D eigenvalue weighted by molar-refractivity contribution is 5.83. The van der Waals surface area contributed by atoms with E-state index in [2.05, 4.69) is 10.5 Å². The van der Waals surface area contributed by atoms with Crippen LogP contribution in [-0.4, -0.2) is 30.4 Å². The molecule has 0 saturated carbocycles. The number of aryl methyl sites for hydroxylation is 1. The second kappa shape index (κ2) is 8.73. The van der Waals surface area contributed by atoms with Crippen LogP contribution in [0.5, 0.6) is 17.2 Å². The smallest absolute Gasteiger partial charge is 0.277 e. The number of hydrogen-bond acceptors (Lipinski definition) is 5. The zero-order valence-electron chi connectivity index (χ0n) is 14.6. The fourth-order valence-corrected chi connectivity index (χ4v) is 2.12. The Hall–Kier alpha value is -3.02. The van der Waals surface area contributed by atoms with Crippen LogP contribution < -0.4 is 14.9 Å². The van der Waals surface area contributed by atoms with Crippen LogP contribution in [0.2, 0.25) is 0 Å². The highest BCUT2D eigenvalue weighted by Crippen LogP contribution is 2.26. The van der Waals surface area contributed by atoms with Gasteiger partial charge in [0, 0.05) is 0 Å². The number of phenols is 1. The Labute approximate surface area is 147 Å². The van der Waals surface area contributed by atoms with Crippen molar-refractivity contribution < 1.29 is 19.4 Å². The quantitative estimate of drug-likeness (QED) is 0.599. The zero-order valence-corrected chi connectivity index (χ0v) is 14.6. The van der Waals surface area contributed by atoms with Crippen molar-refractivity contribution in [3.05, 3.63) is 53.1 Å². The van der Waals surface area contributed by atoms with Gasteiger partial charge in [-0.1, -0.05) is 12.1 Å². The Morgan fingerprint density at radius 1 is 1.20 bits per heavy atom. The van der Waals surface area contributed by atoms with Crippen LogP contribution in [0, 0.1) is 13.8 Å². The third-order valence-corrected chi connectivity index (χ3v) is 3.60. The van der Waals surface area contributed by atoms with Gasteiger partial charge in [0.15, 0.2) is 18.1 Å². The maximum atomic E-state index is 11.8. The number of aromatic hydroxyl groups is 1. The van der Waals surface area contributed by atoms with E-state index < -0.39 is 0 Å². The van der Waals surface area contributed by atoms with E-state index in [1.165, 1.54) is 12.3 Å². The molecular formula is C19H22N2O4. The molecule has 6 nitrogen and oxygen atoms in total. The van der Waals surface area contributed by atoms with Gasteiger partial charge in [0.05, 0.1) is 12.8 Å². The van der Waals surface area contributed by atoms with E-state index in [1.807, 2.05) is 39.0 Å². The first-order valence-corrected chi connectivity index (χ1v) is 7.98. The third kappa shape index (κ3) is 5.24. The van der Waals surface area contributed by atoms with Crippen LogP contribution in [0.15, 0.2) is 41.5 Å². The maximum Gasteiger partial charge on any atom is 0.277 e. The van der Waals surface area contributed by atoms with Crippen LogP contribution in [0.4, 0.5) is 0 Å². The lowest BCUT2D eigenvalue weighted by atomic mass is 10.1. The van der Waals surface area contributed by atoms with Crippen molar-refractivity contribution in [1.82, 2.24) is 5.43 Å². The molecule has 0 bridgehead atoms. The van der Waals surface area contributed by atoms with Gasteiger partial charge < -0.3 is 14.6 Å². The molecule has 2 rings (SSSR count). The van der Waals surface area contributed by atoms with Gasteiger partial charge in [-0.05, 0) is 61.7 Å². The van der Waals surface area contributed by atoms with Gasteiger partial charge in [-0.2, -0.15) is 5.10 Å². The lowest BCUT2D eigenvalue weighted by Gasteiger charge is -2.09. The van der Waals surface area contributed by atoms with Crippen molar-refractivity contribution in [1.29, 1.82) is 0 Å². The molecule has 2 N–H and O–H groups in total. The second-order valence-electron chi connectivity index (χ2n) is 5.44. The van der Waals surface area contributed by atoms with Crippen LogP contribution in [-0.2, 0) is 4.79 Å². The van der Waals surface area contributed by atoms with Crippen molar-refractivity contribution in [2.24, 2.45) is 5.10 Å². The topological polar surface area (TPSA) is 80.2 Å². The predicted octanol–water partition coefficient (Wildman–Crippen LogP) is 2.94. The number of rotatable bonds is 7. The van der Waals surface area contributed by atoms with Crippen molar-refractivity contribution in [2.75, 3.05) is 13.2 Å². The molecule has 0 aliphatic carbocycles. The Morgan fingerprint density at radius 2 is 2.00 bits per heavy atom. The number of amides is 1. The molecule has 0 radical (unpaired) electrons. The van der Waals surface area contributed by atoms with Crippen LogP contribution >= 0.6 is 0 Å². The Bertz CT molecular complexity index is 772. The molecule has 0 saturated heterocycles. The molecule has 0 fully saturated rings. The highest BCUT2D eigenvalue weighted by atomic mass is 16.5. The van der Waals surface area contributed by atoms with Gasteiger partial charge in [0.2, 0.25) is 0 Å². The average molecular weight is 342 g/mol. The maximum absolute atomic E-state index is 11.8. The number of nitrogens with zero attached hydrogens (tertiary/aromatic N) is 1. The fourth-order valence-electron chi connectivity index (χ4n) is 2.12. The molecule has 0 aromatic heterocycles. The number of carbonyl (C=O) groups is 1. The molecule has 0 spiro atoms. The van der Waals surface area contributed by atoms with Gasteiger partial charge in [-0.15, -0.1) is 0 Å². The van der Waals surface area contributed by atoms with Crippen molar-refractivity contribution in [2.45, 2.75) is 20.8 Å². The lowest BCUT2D eigenvalue weighted by molar-refractivity contribution is -0.123. The van der Waals surface area contributed by atoms with Gasteiger partial charge in [0.25, 0.3) is 5.91 Å². The molecule has 0 atom stereocenters. The minimum atomic E-state index is -0.360. The summed E-state index contributed by atoms with van der Waals surface area (Å²) in [4.78, 5) is 11.8. The van der Waals surface area contributed by atoms with E-state index in [0.29, 0.717) is 23.7 Å². The molecule has 2 aromatic carbocycles. The number of benzene rings is 2. The molecule has 0 aliphatic rings. The predicted molar refractivity (Wildman–Crippen MR) is 96.4 cm³/mol. The first-order valence-electron chi connectivity index (χ1n) is 7.98. The summed E-state index contributed by atoms with van der Waals surface area (Å²) in [6.07, 6.45) is 1.47. The lowest BCUT2D eigenvalue weighted by Crippen LogP contribution is -2.24. The van der Waals surface area contributed by atoms with E-state index in [4.69, 9.17) is 9.47 Å². The van der Waals surface area contributed by atoms with E-state index >= 15 is 0 Å². The first kappa shape index (κ1) is 18.3. The number of phenolic OH excluding ortho intramolecular Hbond substituents is 1. The average Bonchev–Trinajstić information content (AvgIpc) is 2.59. The van der Waals surface area contributed by atoms with Crippen LogP contribution in [0.1, 0.15) is 23.6 Å². The molecule has 6 heteroatoms. The third-order valence-electron chi connectivity index (χ3n) is 3.60. The largest absolute Gasteiger partial charge is 0.504 e. The van der Waals surface area contributed by atoms with Gasteiger partial charge in [0.1, 0.15) is 5.75 Å². The number of nitrogens with one attached hydrogen (secondary N) is 1. The summed E-state index contributed by atoms with van der Waals surface area (Å²) in [7, 11) is 0. The van der Waals surface area contributed by atoms with Crippen molar-refractivity contribution in [3.63, 3.8) is 0 Å². The normalized spacial score (nSPS) is 10.7. The number of hydrazone groups is 1. The summed E-state index contributed by atoms with van der Waals surface area (Å²) < 4.78 is 10.8.